The molecule has 1 fully saturated rings. The Morgan fingerprint density at radius 3 is 2.34 bits per heavy atom. The third-order valence-electron chi connectivity index (χ3n) is 6.33. The Bertz CT molecular complexity index is 778. The van der Waals surface area contributed by atoms with E-state index in [1.54, 1.807) is 13.8 Å². The summed E-state index contributed by atoms with van der Waals surface area (Å²) in [7, 11) is 0. The van der Waals surface area contributed by atoms with Gasteiger partial charge in [0.1, 0.15) is 17.1 Å². The smallest absolute Gasteiger partial charge is 0.313 e. The van der Waals surface area contributed by atoms with Gasteiger partial charge in [0, 0.05) is 5.41 Å². The number of hydrogen-bond donors (Lipinski definition) is 2. The van der Waals surface area contributed by atoms with Gasteiger partial charge in [-0.25, -0.2) is 0 Å². The molecule has 1 saturated heterocycles. The van der Waals surface area contributed by atoms with Gasteiger partial charge in [-0.1, -0.05) is 24.3 Å². The third kappa shape index (κ3) is 3.57. The van der Waals surface area contributed by atoms with Crippen LogP contribution >= 0.6 is 0 Å². The largest absolute Gasteiger partial charge is 0.466 e. The Hall–Kier alpha value is -1.92. The molecule has 160 valence electrons. The highest BCUT2D eigenvalue weighted by Crippen LogP contribution is 2.60. The van der Waals surface area contributed by atoms with Crippen molar-refractivity contribution in [2.24, 2.45) is 11.8 Å². The van der Waals surface area contributed by atoms with Crippen molar-refractivity contribution in [3.63, 3.8) is 0 Å². The Morgan fingerprint density at radius 2 is 1.79 bits per heavy atom. The van der Waals surface area contributed by atoms with Gasteiger partial charge in [-0.2, -0.15) is 0 Å². The summed E-state index contributed by atoms with van der Waals surface area (Å²) < 4.78 is 11.0. The first-order valence-electron chi connectivity index (χ1n) is 10.5. The van der Waals surface area contributed by atoms with Crippen LogP contribution in [0.4, 0.5) is 0 Å². The molecule has 1 aliphatic heterocycles. The lowest BCUT2D eigenvalue weighted by Crippen LogP contribution is -2.55. The molecule has 2 aliphatic rings. The zero-order valence-corrected chi connectivity index (χ0v) is 18.1. The van der Waals surface area contributed by atoms with Crippen molar-refractivity contribution in [2.45, 2.75) is 64.1 Å². The molecule has 3 rings (SSSR count). The predicted octanol–water partition coefficient (Wildman–Crippen LogP) is 2.67. The van der Waals surface area contributed by atoms with E-state index in [2.05, 4.69) is 5.32 Å². The summed E-state index contributed by atoms with van der Waals surface area (Å²) in [5.74, 6) is -2.76. The number of aliphatic hydroxyl groups is 1. The van der Waals surface area contributed by atoms with E-state index in [-0.39, 0.29) is 6.61 Å². The van der Waals surface area contributed by atoms with E-state index in [0.29, 0.717) is 18.4 Å². The van der Waals surface area contributed by atoms with Gasteiger partial charge in [0.2, 0.25) is 0 Å². The molecule has 6 nitrogen and oxygen atoms in total. The van der Waals surface area contributed by atoms with Gasteiger partial charge < -0.3 is 19.9 Å². The highest BCUT2D eigenvalue weighted by Gasteiger charge is 2.66. The molecular weight excluding hydrogens is 370 g/mol. The molecule has 2 N–H and O–H groups in total. The van der Waals surface area contributed by atoms with Crippen LogP contribution < -0.4 is 5.32 Å². The minimum Gasteiger partial charge on any atom is -0.466 e. The van der Waals surface area contributed by atoms with Gasteiger partial charge in [0.25, 0.3) is 0 Å². The van der Waals surface area contributed by atoms with E-state index in [1.807, 2.05) is 45.0 Å². The zero-order valence-electron chi connectivity index (χ0n) is 18.1. The number of benzene rings is 1. The van der Waals surface area contributed by atoms with E-state index in [4.69, 9.17) is 9.47 Å². The van der Waals surface area contributed by atoms with Crippen LogP contribution in [-0.4, -0.2) is 42.3 Å². The van der Waals surface area contributed by atoms with E-state index in [1.165, 1.54) is 0 Å². The summed E-state index contributed by atoms with van der Waals surface area (Å²) in [5, 5.41) is 15.5. The number of carbonyl (C=O) groups excluding carboxylic acids is 2. The van der Waals surface area contributed by atoms with Gasteiger partial charge in [0.05, 0.1) is 12.5 Å². The summed E-state index contributed by atoms with van der Waals surface area (Å²) >= 11 is 0. The SMILES string of the molecule is CCOC(=O)C(C)[C@]1(O)c2ccccc2C2(CCNCC2)C1C(=O)OC(C)(C)C. The van der Waals surface area contributed by atoms with Crippen LogP contribution in [0.15, 0.2) is 24.3 Å². The van der Waals surface area contributed by atoms with Crippen LogP contribution in [0.25, 0.3) is 0 Å². The van der Waals surface area contributed by atoms with Crippen molar-refractivity contribution >= 4 is 11.9 Å². The molecule has 0 radical (unpaired) electrons. The Balaban J connectivity index is 2.20. The lowest BCUT2D eigenvalue weighted by atomic mass is 9.64. The summed E-state index contributed by atoms with van der Waals surface area (Å²) in [6, 6.07) is 7.58. The second-order valence-electron chi connectivity index (χ2n) is 9.22. The van der Waals surface area contributed by atoms with Crippen LogP contribution in [0.3, 0.4) is 0 Å². The van der Waals surface area contributed by atoms with Crippen LogP contribution in [0, 0.1) is 11.8 Å². The number of nitrogens with one attached hydrogen (secondary N) is 1. The maximum Gasteiger partial charge on any atom is 0.313 e. The van der Waals surface area contributed by atoms with Gasteiger partial charge in [-0.3, -0.25) is 9.59 Å². The monoisotopic (exact) mass is 403 g/mol. The number of hydrogen-bond acceptors (Lipinski definition) is 6. The minimum absolute atomic E-state index is 0.215. The van der Waals surface area contributed by atoms with Crippen molar-refractivity contribution in [3.05, 3.63) is 35.4 Å². The lowest BCUT2D eigenvalue weighted by molar-refractivity contribution is -0.186. The van der Waals surface area contributed by atoms with Gasteiger partial charge in [-0.15, -0.1) is 0 Å². The molecule has 0 aromatic heterocycles. The molecule has 0 saturated carbocycles. The molecule has 1 aliphatic carbocycles. The fourth-order valence-corrected chi connectivity index (χ4v) is 5.13. The van der Waals surface area contributed by atoms with Crippen LogP contribution in [-0.2, 0) is 30.1 Å². The van der Waals surface area contributed by atoms with E-state index < -0.39 is 40.4 Å². The Morgan fingerprint density at radius 1 is 1.21 bits per heavy atom. The second kappa shape index (κ2) is 7.73. The average molecular weight is 404 g/mol. The maximum absolute atomic E-state index is 13.5. The average Bonchev–Trinajstić information content (AvgIpc) is 2.87. The van der Waals surface area contributed by atoms with Crippen molar-refractivity contribution in [3.8, 4) is 0 Å². The van der Waals surface area contributed by atoms with E-state index in [0.717, 1.165) is 18.7 Å². The van der Waals surface area contributed by atoms with E-state index >= 15 is 0 Å². The molecule has 2 unspecified atom stereocenters. The van der Waals surface area contributed by atoms with Gasteiger partial charge in [0.15, 0.2) is 0 Å². The molecular formula is C23H33NO5. The summed E-state index contributed by atoms with van der Waals surface area (Å²) in [5.41, 5.74) is -1.40. The number of esters is 2. The molecule has 1 aromatic carbocycles. The first-order valence-corrected chi connectivity index (χ1v) is 10.5. The molecule has 0 bridgehead atoms. The number of rotatable bonds is 4. The summed E-state index contributed by atoms with van der Waals surface area (Å²) in [6.45, 7) is 10.5. The normalized spacial score (nSPS) is 26.6. The number of piperidine rings is 1. The Kier molecular flexibility index (Phi) is 5.80. The molecule has 1 spiro atoms. The summed E-state index contributed by atoms with van der Waals surface area (Å²) in [4.78, 5) is 26.3. The Labute approximate surface area is 173 Å². The number of fused-ring (bicyclic) bond motifs is 2. The van der Waals surface area contributed by atoms with Crippen LogP contribution in [0.5, 0.6) is 0 Å². The minimum atomic E-state index is -1.69. The van der Waals surface area contributed by atoms with Crippen LogP contribution in [0.1, 0.15) is 58.6 Å². The molecule has 0 amide bonds. The van der Waals surface area contributed by atoms with Gasteiger partial charge >= 0.3 is 11.9 Å². The van der Waals surface area contributed by atoms with Crippen LogP contribution in [0.2, 0.25) is 0 Å². The molecule has 3 atom stereocenters. The topological polar surface area (TPSA) is 84.9 Å². The first kappa shape index (κ1) is 21.8. The summed E-state index contributed by atoms with van der Waals surface area (Å²) in [6.07, 6.45) is 1.37. The number of carbonyl (C=O) groups is 2. The zero-order chi connectivity index (χ0) is 21.4. The van der Waals surface area contributed by atoms with Crippen molar-refractivity contribution < 1.29 is 24.2 Å². The number of ether oxygens (including phenoxy) is 2. The van der Waals surface area contributed by atoms with E-state index in [9.17, 15) is 14.7 Å². The first-order chi connectivity index (χ1) is 13.6. The fraction of sp³-hybridized carbons (Fsp3) is 0.652. The molecule has 6 heteroatoms. The highest BCUT2D eigenvalue weighted by atomic mass is 16.6. The quantitative estimate of drug-likeness (QED) is 0.752. The standard InChI is InChI=1S/C23H33NO5/c1-6-28-19(25)15(2)23(27)17-10-8-7-9-16(17)22(11-13-24-14-12-22)18(23)20(26)29-21(3,4)5/h7-10,15,18,24,27H,6,11-14H2,1-5H3/t15?,18?,23-/m0/s1. The fourth-order valence-electron chi connectivity index (χ4n) is 5.13. The van der Waals surface area contributed by atoms with Crippen molar-refractivity contribution in [2.75, 3.05) is 19.7 Å². The van der Waals surface area contributed by atoms with Gasteiger partial charge in [-0.05, 0) is 71.7 Å². The molecule has 1 aromatic rings. The maximum atomic E-state index is 13.5. The predicted molar refractivity (Wildman–Crippen MR) is 109 cm³/mol. The molecule has 1 heterocycles. The van der Waals surface area contributed by atoms with Crippen molar-refractivity contribution in [1.82, 2.24) is 5.32 Å². The lowest BCUT2D eigenvalue weighted by Gasteiger charge is -2.44. The third-order valence-corrected chi connectivity index (χ3v) is 6.33. The molecule has 29 heavy (non-hydrogen) atoms. The van der Waals surface area contributed by atoms with Crippen molar-refractivity contribution in [1.29, 1.82) is 0 Å². The second-order valence-corrected chi connectivity index (χ2v) is 9.22. The highest BCUT2D eigenvalue weighted by molar-refractivity contribution is 5.83.